The lowest BCUT2D eigenvalue weighted by molar-refractivity contribution is 0.331. The zero-order chi connectivity index (χ0) is 12.7. The molecule has 98 valence electrons. The third-order valence-electron chi connectivity index (χ3n) is 2.58. The fourth-order valence-corrected chi connectivity index (χ4v) is 1.47. The smallest absolute Gasteiger partial charge is 0.200 e. The first-order valence-electron chi connectivity index (χ1n) is 6.34. The lowest BCUT2D eigenvalue weighted by atomic mass is 10.2. The first-order chi connectivity index (χ1) is 8.13. The summed E-state index contributed by atoms with van der Waals surface area (Å²) in [5, 5.41) is 9.38. The highest BCUT2D eigenvalue weighted by molar-refractivity contribution is 6.01. The number of guanidine groups is 2. The van der Waals surface area contributed by atoms with Gasteiger partial charge in [-0.05, 0) is 13.3 Å². The second-order valence-corrected chi connectivity index (χ2v) is 4.11. The Hall–Kier alpha value is -1.30. The van der Waals surface area contributed by atoms with Crippen LogP contribution in [0.1, 0.15) is 40.0 Å². The molecule has 6 heteroatoms. The van der Waals surface area contributed by atoms with E-state index in [1.54, 1.807) is 0 Å². The van der Waals surface area contributed by atoms with Gasteiger partial charge in [0, 0.05) is 19.5 Å². The molecule has 0 radical (unpaired) electrons. The fraction of sp³-hybridized carbons (Fsp3) is 0.818. The number of hydrogen-bond donors (Lipinski definition) is 4. The van der Waals surface area contributed by atoms with E-state index in [0.717, 1.165) is 25.8 Å². The standard InChI is InChI=1S/C11H24N6/c1-4-7-8-14-10-15-9(13-6-3)16-11(12,5-2)17-10/h4-8,12H2,1-3H3,(H3,13,14,15,16,17). The number of aliphatic imine (C=N–C) groups is 2. The molecular weight excluding hydrogens is 216 g/mol. The summed E-state index contributed by atoms with van der Waals surface area (Å²) in [6, 6.07) is 0. The average Bonchev–Trinajstić information content (AvgIpc) is 2.29. The number of nitrogens with one attached hydrogen (secondary N) is 3. The number of hydrogen-bond acceptors (Lipinski definition) is 3. The Morgan fingerprint density at radius 1 is 1.12 bits per heavy atom. The second-order valence-electron chi connectivity index (χ2n) is 4.11. The van der Waals surface area contributed by atoms with Crippen molar-refractivity contribution in [2.45, 2.75) is 45.8 Å². The third kappa shape index (κ3) is 4.22. The van der Waals surface area contributed by atoms with Crippen LogP contribution in [0.4, 0.5) is 0 Å². The largest absolute Gasteiger partial charge is 0.321 e. The summed E-state index contributed by atoms with van der Waals surface area (Å²) in [6.45, 7) is 7.64. The molecule has 1 heterocycles. The van der Waals surface area contributed by atoms with Gasteiger partial charge in [0.15, 0.2) is 5.79 Å². The molecule has 0 aromatic carbocycles. The maximum absolute atomic E-state index is 6.15. The maximum Gasteiger partial charge on any atom is 0.200 e. The van der Waals surface area contributed by atoms with Crippen LogP contribution in [0.5, 0.6) is 0 Å². The van der Waals surface area contributed by atoms with Gasteiger partial charge >= 0.3 is 0 Å². The van der Waals surface area contributed by atoms with Gasteiger partial charge in [0.05, 0.1) is 0 Å². The third-order valence-corrected chi connectivity index (χ3v) is 2.58. The minimum Gasteiger partial charge on any atom is -0.321 e. The van der Waals surface area contributed by atoms with E-state index in [4.69, 9.17) is 5.73 Å². The van der Waals surface area contributed by atoms with Crippen LogP contribution in [0.2, 0.25) is 0 Å². The summed E-state index contributed by atoms with van der Waals surface area (Å²) in [7, 11) is 0. The lowest BCUT2D eigenvalue weighted by Crippen LogP contribution is -2.75. The number of rotatable bonds is 5. The lowest BCUT2D eigenvalue weighted by Gasteiger charge is -2.38. The van der Waals surface area contributed by atoms with E-state index in [1.807, 2.05) is 13.8 Å². The fourth-order valence-electron chi connectivity index (χ4n) is 1.47. The number of unbranched alkanes of at least 4 members (excludes halogenated alkanes) is 1. The van der Waals surface area contributed by atoms with E-state index in [0.29, 0.717) is 18.5 Å². The van der Waals surface area contributed by atoms with E-state index in [2.05, 4.69) is 32.9 Å². The topological polar surface area (TPSA) is 86.8 Å². The molecule has 17 heavy (non-hydrogen) atoms. The molecule has 6 nitrogen and oxygen atoms in total. The maximum atomic E-state index is 6.15. The monoisotopic (exact) mass is 240 g/mol. The van der Waals surface area contributed by atoms with Crippen molar-refractivity contribution >= 4 is 11.9 Å². The molecule has 0 spiro atoms. The first-order valence-corrected chi connectivity index (χ1v) is 6.34. The summed E-state index contributed by atoms with van der Waals surface area (Å²) in [6.07, 6.45) is 2.95. The second kappa shape index (κ2) is 6.44. The van der Waals surface area contributed by atoms with Gasteiger partial charge in [-0.25, -0.2) is 0 Å². The van der Waals surface area contributed by atoms with Crippen LogP contribution in [-0.2, 0) is 0 Å². The minimum atomic E-state index is -0.662. The summed E-state index contributed by atoms with van der Waals surface area (Å²) in [5.41, 5.74) is 6.15. The Labute approximate surface area is 103 Å². The molecule has 1 aliphatic heterocycles. The molecular formula is C11H24N6. The molecule has 0 aliphatic carbocycles. The highest BCUT2D eigenvalue weighted by Gasteiger charge is 2.30. The summed E-state index contributed by atoms with van der Waals surface area (Å²) in [4.78, 5) is 8.74. The van der Waals surface area contributed by atoms with Crippen molar-refractivity contribution in [3.8, 4) is 0 Å². The average molecular weight is 240 g/mol. The van der Waals surface area contributed by atoms with Gasteiger partial charge in [-0.15, -0.1) is 0 Å². The van der Waals surface area contributed by atoms with Gasteiger partial charge in [-0.1, -0.05) is 20.3 Å². The molecule has 1 atom stereocenters. The van der Waals surface area contributed by atoms with Crippen molar-refractivity contribution in [2.24, 2.45) is 15.7 Å². The van der Waals surface area contributed by atoms with Crippen LogP contribution in [-0.4, -0.2) is 30.8 Å². The van der Waals surface area contributed by atoms with E-state index < -0.39 is 5.79 Å². The van der Waals surface area contributed by atoms with Crippen LogP contribution < -0.4 is 21.7 Å². The highest BCUT2D eigenvalue weighted by atomic mass is 15.5. The van der Waals surface area contributed by atoms with E-state index in [-0.39, 0.29) is 0 Å². The van der Waals surface area contributed by atoms with E-state index in [1.165, 1.54) is 0 Å². The zero-order valence-corrected chi connectivity index (χ0v) is 11.0. The molecule has 5 N–H and O–H groups in total. The minimum absolute atomic E-state index is 0.662. The van der Waals surface area contributed by atoms with Gasteiger partial charge in [0.1, 0.15) is 0 Å². The van der Waals surface area contributed by atoms with Crippen molar-refractivity contribution < 1.29 is 0 Å². The Morgan fingerprint density at radius 2 is 1.76 bits per heavy atom. The first kappa shape index (κ1) is 13.8. The van der Waals surface area contributed by atoms with Gasteiger partial charge in [-0.2, -0.15) is 0 Å². The molecule has 0 saturated carbocycles. The predicted molar refractivity (Wildman–Crippen MR) is 71.8 cm³/mol. The molecule has 1 saturated heterocycles. The Balaban J connectivity index is 2.72. The highest BCUT2D eigenvalue weighted by Crippen LogP contribution is 2.01. The summed E-state index contributed by atoms with van der Waals surface area (Å²) in [5.74, 6) is 0.726. The number of nitrogens with two attached hydrogens (primary N) is 1. The molecule has 1 unspecified atom stereocenters. The Bertz CT molecular complexity index is 298. The molecule has 0 amide bonds. The van der Waals surface area contributed by atoms with Crippen molar-refractivity contribution in [1.29, 1.82) is 0 Å². The van der Waals surface area contributed by atoms with E-state index in [9.17, 15) is 0 Å². The van der Waals surface area contributed by atoms with Crippen LogP contribution >= 0.6 is 0 Å². The van der Waals surface area contributed by atoms with Crippen LogP contribution in [0.15, 0.2) is 9.98 Å². The van der Waals surface area contributed by atoms with E-state index >= 15 is 0 Å². The number of nitrogens with zero attached hydrogens (tertiary/aromatic N) is 2. The summed E-state index contributed by atoms with van der Waals surface area (Å²) < 4.78 is 0. The van der Waals surface area contributed by atoms with Crippen molar-refractivity contribution in [3.05, 3.63) is 0 Å². The van der Waals surface area contributed by atoms with Crippen molar-refractivity contribution in [2.75, 3.05) is 13.1 Å². The molecule has 0 aromatic rings. The van der Waals surface area contributed by atoms with Crippen LogP contribution in [0, 0.1) is 0 Å². The molecule has 1 rings (SSSR count). The quantitative estimate of drug-likeness (QED) is 0.521. The SMILES string of the molecule is CCCCN=C1NC(=NCC)NC(N)(CC)N1. The predicted octanol–water partition coefficient (Wildman–Crippen LogP) is 0.323. The normalized spacial score (nSPS) is 28.7. The Morgan fingerprint density at radius 3 is 2.29 bits per heavy atom. The molecule has 1 aliphatic rings. The Kier molecular flexibility index (Phi) is 5.21. The zero-order valence-electron chi connectivity index (χ0n) is 11.0. The van der Waals surface area contributed by atoms with Crippen LogP contribution in [0.3, 0.4) is 0 Å². The van der Waals surface area contributed by atoms with Crippen molar-refractivity contribution in [1.82, 2.24) is 16.0 Å². The van der Waals surface area contributed by atoms with Gasteiger partial charge in [0.2, 0.25) is 11.9 Å². The van der Waals surface area contributed by atoms with Crippen LogP contribution in [0.25, 0.3) is 0 Å². The molecule has 1 fully saturated rings. The van der Waals surface area contributed by atoms with Gasteiger partial charge < -0.3 is 10.6 Å². The summed E-state index contributed by atoms with van der Waals surface area (Å²) >= 11 is 0. The molecule has 0 aromatic heterocycles. The molecule has 0 bridgehead atoms. The van der Waals surface area contributed by atoms with Gasteiger partial charge in [0.25, 0.3) is 0 Å². The van der Waals surface area contributed by atoms with Gasteiger partial charge in [-0.3, -0.25) is 21.0 Å². The van der Waals surface area contributed by atoms with Crippen molar-refractivity contribution in [3.63, 3.8) is 0 Å².